The Hall–Kier alpha value is -3.57. The Morgan fingerprint density at radius 2 is 2.09 bits per heavy atom. The normalized spacial score (nSPS) is 23.7. The van der Waals surface area contributed by atoms with Gasteiger partial charge in [-0.2, -0.15) is 0 Å². The third kappa shape index (κ3) is 5.67. The topological polar surface area (TPSA) is 119 Å². The monoisotopic (exact) mass is 465 g/mol. The van der Waals surface area contributed by atoms with Crippen molar-refractivity contribution in [3.05, 3.63) is 65.0 Å². The minimum Gasteiger partial charge on any atom is -0.492 e. The molecule has 8 nitrogen and oxygen atoms in total. The molecule has 1 heterocycles. The van der Waals surface area contributed by atoms with E-state index in [0.29, 0.717) is 55.0 Å². The van der Waals surface area contributed by atoms with Crippen LogP contribution in [-0.2, 0) is 4.74 Å². The van der Waals surface area contributed by atoms with E-state index in [9.17, 15) is 15.1 Å². The van der Waals surface area contributed by atoms with Crippen LogP contribution in [0.4, 0.5) is 0 Å². The summed E-state index contributed by atoms with van der Waals surface area (Å²) in [6.45, 7) is 6.05. The van der Waals surface area contributed by atoms with E-state index >= 15 is 0 Å². The Labute approximate surface area is 200 Å². The first-order valence-corrected chi connectivity index (χ1v) is 11.5. The van der Waals surface area contributed by atoms with Gasteiger partial charge in [-0.3, -0.25) is 10.0 Å². The van der Waals surface area contributed by atoms with Gasteiger partial charge in [0.25, 0.3) is 0 Å². The molecular weight excluding hydrogens is 432 g/mol. The Morgan fingerprint density at radius 3 is 2.71 bits per heavy atom. The summed E-state index contributed by atoms with van der Waals surface area (Å²) in [5.41, 5.74) is 0.882. The Morgan fingerprint density at radius 1 is 1.38 bits per heavy atom. The predicted molar refractivity (Wildman–Crippen MR) is 128 cm³/mol. The fraction of sp³-hybridized carbons (Fsp3) is 0.423. The van der Waals surface area contributed by atoms with Gasteiger partial charge in [-0.15, -0.1) is 6.42 Å². The predicted octanol–water partition coefficient (Wildman–Crippen LogP) is 2.68. The van der Waals surface area contributed by atoms with Crippen molar-refractivity contribution in [3.63, 3.8) is 0 Å². The highest BCUT2D eigenvalue weighted by molar-refractivity contribution is 6.10. The third-order valence-corrected chi connectivity index (χ3v) is 6.07. The summed E-state index contributed by atoms with van der Waals surface area (Å²) < 4.78 is 6.54. The first kappa shape index (κ1) is 25.1. The Balaban J connectivity index is 1.79. The van der Waals surface area contributed by atoms with Crippen molar-refractivity contribution in [1.82, 2.24) is 10.6 Å². The van der Waals surface area contributed by atoms with Crippen LogP contribution < -0.4 is 15.4 Å². The molecule has 0 aliphatic heterocycles. The van der Waals surface area contributed by atoms with Gasteiger partial charge in [0.2, 0.25) is 5.69 Å². The van der Waals surface area contributed by atoms with E-state index in [-0.39, 0.29) is 23.4 Å². The second-order valence-corrected chi connectivity index (χ2v) is 8.89. The average molecular weight is 466 g/mol. The number of amides is 1. The number of rotatable bonds is 7. The summed E-state index contributed by atoms with van der Waals surface area (Å²) >= 11 is 0. The van der Waals surface area contributed by atoms with Crippen molar-refractivity contribution in [1.29, 1.82) is 5.41 Å². The first-order chi connectivity index (χ1) is 16.2. The Kier molecular flexibility index (Phi) is 7.79. The number of ether oxygens (including phenoxy) is 1. The highest BCUT2D eigenvalue weighted by Crippen LogP contribution is 2.28. The van der Waals surface area contributed by atoms with Gasteiger partial charge < -0.3 is 25.9 Å². The molecule has 0 spiro atoms. The molecule has 8 heteroatoms. The van der Waals surface area contributed by atoms with Crippen LogP contribution in [0.25, 0.3) is 0 Å². The molecule has 0 atom stereocenters. The number of nitrogens with zero attached hydrogens (tertiary/aromatic N) is 1. The van der Waals surface area contributed by atoms with Crippen LogP contribution in [0, 0.1) is 17.8 Å². The largest absolute Gasteiger partial charge is 0.492 e. The number of nitrogens with one attached hydrogen (secondary N) is 3. The summed E-state index contributed by atoms with van der Waals surface area (Å²) in [5.74, 6) is 2.38. The van der Waals surface area contributed by atoms with Crippen molar-refractivity contribution >= 4 is 11.6 Å². The van der Waals surface area contributed by atoms with Crippen LogP contribution in [0.5, 0.6) is 0 Å². The lowest BCUT2D eigenvalue weighted by Crippen LogP contribution is -2.45. The van der Waals surface area contributed by atoms with Crippen LogP contribution >= 0.6 is 0 Å². The molecule has 5 N–H and O–H groups in total. The second-order valence-electron chi connectivity index (χ2n) is 8.89. The maximum atomic E-state index is 13.0. The van der Waals surface area contributed by atoms with Crippen LogP contribution in [0.15, 0.2) is 53.6 Å². The van der Waals surface area contributed by atoms with Crippen molar-refractivity contribution < 1.29 is 24.6 Å². The van der Waals surface area contributed by atoms with Gasteiger partial charge in [0.05, 0.1) is 18.0 Å². The van der Waals surface area contributed by atoms with Gasteiger partial charge in [0.1, 0.15) is 11.4 Å². The summed E-state index contributed by atoms with van der Waals surface area (Å²) in [6, 6.07) is 5.15. The highest BCUT2D eigenvalue weighted by Gasteiger charge is 2.31. The van der Waals surface area contributed by atoms with E-state index in [1.54, 1.807) is 30.5 Å². The number of terminal acetylenes is 1. The average Bonchev–Trinajstić information content (AvgIpc) is 2.81. The second kappa shape index (κ2) is 10.6. The lowest BCUT2D eigenvalue weighted by molar-refractivity contribution is -0.911. The standard InChI is InChI=1S/C26H32N4O4/c1-5-26(32)12-10-19(11-13-26)28-16-18-14-21(24(34-6-2)15-20(18)27)29-25(31)23-9-7-8-22(17(3)4)30(23)33/h1,7-9,14-17,19,27,31-33H,6,10-13H2,2-4H3/p+1/t19-,26-. The molecule has 1 fully saturated rings. The summed E-state index contributed by atoms with van der Waals surface area (Å²) in [7, 11) is 0. The zero-order valence-electron chi connectivity index (χ0n) is 19.9. The smallest absolute Gasteiger partial charge is 0.325 e. The number of aliphatic hydroxyl groups is 1. The van der Waals surface area contributed by atoms with Crippen LogP contribution in [0.1, 0.15) is 68.6 Å². The zero-order chi connectivity index (χ0) is 24.9. The molecule has 0 bridgehead atoms. The molecule has 1 saturated carbocycles. The van der Waals surface area contributed by atoms with Crippen molar-refractivity contribution in [2.45, 2.75) is 64.0 Å². The van der Waals surface area contributed by atoms with Crippen molar-refractivity contribution in [2.75, 3.05) is 6.61 Å². The lowest BCUT2D eigenvalue weighted by Gasteiger charge is -2.32. The fourth-order valence-electron chi connectivity index (χ4n) is 4.02. The number of pyridine rings is 1. The van der Waals surface area contributed by atoms with Gasteiger partial charge in [-0.25, -0.2) is 0 Å². The molecule has 1 aromatic heterocycles. The van der Waals surface area contributed by atoms with Gasteiger partial charge in [-0.05, 0) is 44.7 Å². The van der Waals surface area contributed by atoms with Gasteiger partial charge >= 0.3 is 11.6 Å². The number of carbonyl (C=O) groups excluding carboxylic acids is 1. The lowest BCUT2D eigenvalue weighted by atomic mass is 9.83. The molecule has 0 unspecified atom stereocenters. The van der Waals surface area contributed by atoms with E-state index in [2.05, 4.69) is 16.6 Å². The van der Waals surface area contributed by atoms with E-state index < -0.39 is 11.5 Å². The molecule has 1 aromatic rings. The number of aromatic nitrogens is 1. The van der Waals surface area contributed by atoms with Crippen LogP contribution in [0.3, 0.4) is 0 Å². The molecule has 3 rings (SSSR count). The number of allylic oxidation sites excluding steroid dienone is 3. The van der Waals surface area contributed by atoms with Gasteiger partial charge in [0.15, 0.2) is 0 Å². The molecule has 2 aliphatic rings. The van der Waals surface area contributed by atoms with E-state index in [1.165, 1.54) is 6.07 Å². The summed E-state index contributed by atoms with van der Waals surface area (Å²) in [5, 5.41) is 35.2. The maximum Gasteiger partial charge on any atom is 0.325 e. The zero-order valence-corrected chi connectivity index (χ0v) is 19.9. The quantitative estimate of drug-likeness (QED) is 0.241. The first-order valence-electron chi connectivity index (χ1n) is 11.5. The minimum atomic E-state index is -1.04. The van der Waals surface area contributed by atoms with Crippen LogP contribution in [0.2, 0.25) is 0 Å². The molecule has 2 aliphatic carbocycles. The number of hydrogen-bond acceptors (Lipinski definition) is 6. The molecular formula is C26H33N4O4+. The number of carbonyl (C=O) groups is 1. The van der Waals surface area contributed by atoms with Crippen LogP contribution in [-0.4, -0.2) is 40.2 Å². The van der Waals surface area contributed by atoms with E-state index in [1.807, 2.05) is 20.8 Å². The highest BCUT2D eigenvalue weighted by atomic mass is 16.5. The molecule has 180 valence electrons. The molecule has 0 aromatic carbocycles. The molecule has 1 amide bonds. The Bertz CT molecular complexity index is 1090. The molecule has 0 saturated heterocycles. The third-order valence-electron chi connectivity index (χ3n) is 6.07. The van der Waals surface area contributed by atoms with E-state index in [0.717, 1.165) is 4.73 Å². The summed E-state index contributed by atoms with van der Waals surface area (Å²) in [4.78, 5) is 13.0. The fourth-order valence-corrected chi connectivity index (χ4v) is 4.02. The number of hydrogen-bond donors (Lipinski definition) is 5. The van der Waals surface area contributed by atoms with Gasteiger partial charge in [0, 0.05) is 46.7 Å². The minimum absolute atomic E-state index is 0.0306. The molecule has 34 heavy (non-hydrogen) atoms. The SMILES string of the molecule is C#C[C@]1(O)CC[C@H](N/C=C2/C=C(NC(=O)c3cccc(C(C)C)[n+]3O)C(OCC)=CC2=N)CC1. The van der Waals surface area contributed by atoms with Crippen molar-refractivity contribution in [2.24, 2.45) is 0 Å². The summed E-state index contributed by atoms with van der Waals surface area (Å²) in [6.07, 6.45) is 12.9. The molecule has 0 radical (unpaired) electrons. The van der Waals surface area contributed by atoms with Gasteiger partial charge in [-0.1, -0.05) is 19.8 Å². The maximum absolute atomic E-state index is 13.0. The van der Waals surface area contributed by atoms with E-state index in [4.69, 9.17) is 16.6 Å². The van der Waals surface area contributed by atoms with Crippen molar-refractivity contribution in [3.8, 4) is 12.3 Å².